The van der Waals surface area contributed by atoms with E-state index in [-0.39, 0.29) is 6.10 Å². The van der Waals surface area contributed by atoms with E-state index in [1.165, 1.54) is 0 Å². The van der Waals surface area contributed by atoms with Gasteiger partial charge in [-0.05, 0) is 49.4 Å². The summed E-state index contributed by atoms with van der Waals surface area (Å²) in [6.45, 7) is 2.04. The third kappa shape index (κ3) is 2.93. The first kappa shape index (κ1) is 14.8. The minimum Gasteiger partial charge on any atom is -0.385 e. The summed E-state index contributed by atoms with van der Waals surface area (Å²) in [4.78, 5) is 0.417. The number of aryl methyl sites for hydroxylation is 1. The van der Waals surface area contributed by atoms with Crippen molar-refractivity contribution in [2.45, 2.75) is 36.7 Å². The van der Waals surface area contributed by atoms with Gasteiger partial charge in [0.15, 0.2) is 0 Å². The topological polar surface area (TPSA) is 58.6 Å². The number of methoxy groups -OCH3 is 1. The van der Waals surface area contributed by atoms with Gasteiger partial charge in [0.1, 0.15) is 0 Å². The number of piperidine rings is 1. The second-order valence-corrected chi connectivity index (χ2v) is 7.63. The largest absolute Gasteiger partial charge is 0.385 e. The molecule has 0 amide bonds. The zero-order valence-electron chi connectivity index (χ0n) is 12.3. The van der Waals surface area contributed by atoms with E-state index in [2.05, 4.69) is 5.32 Å². The van der Waals surface area contributed by atoms with Gasteiger partial charge in [-0.1, -0.05) is 0 Å². The van der Waals surface area contributed by atoms with Gasteiger partial charge in [0, 0.05) is 32.4 Å². The second kappa shape index (κ2) is 5.94. The molecule has 0 unspecified atom stereocenters. The van der Waals surface area contributed by atoms with Crippen LogP contribution in [0.5, 0.6) is 0 Å². The molecule has 0 spiro atoms. The van der Waals surface area contributed by atoms with Crippen LogP contribution in [0.3, 0.4) is 0 Å². The average Bonchev–Trinajstić information content (AvgIpc) is 2.54. The number of benzene rings is 1. The fourth-order valence-corrected chi connectivity index (χ4v) is 4.59. The summed E-state index contributed by atoms with van der Waals surface area (Å²) in [5.74, 6) is 0. The molecule has 3 rings (SSSR count). The molecule has 1 saturated heterocycles. The Morgan fingerprint density at radius 3 is 2.76 bits per heavy atom. The normalized spacial score (nSPS) is 20.8. The molecule has 0 radical (unpaired) electrons. The summed E-state index contributed by atoms with van der Waals surface area (Å²) in [7, 11) is -1.69. The lowest BCUT2D eigenvalue weighted by Crippen LogP contribution is -2.40. The van der Waals surface area contributed by atoms with Crippen LogP contribution < -0.4 is 5.32 Å². The predicted octanol–water partition coefficient (Wildman–Crippen LogP) is 1.84. The van der Waals surface area contributed by atoms with Crippen molar-refractivity contribution in [3.8, 4) is 0 Å². The smallest absolute Gasteiger partial charge is 0.243 e. The predicted molar refractivity (Wildman–Crippen MR) is 82.0 cm³/mol. The second-order valence-electron chi connectivity index (χ2n) is 5.69. The van der Waals surface area contributed by atoms with E-state index < -0.39 is 10.0 Å². The highest BCUT2D eigenvalue weighted by Gasteiger charge is 2.29. The molecule has 1 aromatic carbocycles. The molecular formula is C15H22N2O3S. The molecule has 1 N–H and O–H groups in total. The summed E-state index contributed by atoms with van der Waals surface area (Å²) in [5, 5.41) is 3.31. The molecule has 2 heterocycles. The molecule has 0 saturated carbocycles. The maximum atomic E-state index is 12.7. The average molecular weight is 310 g/mol. The van der Waals surface area contributed by atoms with Gasteiger partial charge < -0.3 is 10.1 Å². The highest BCUT2D eigenvalue weighted by Crippen LogP contribution is 2.28. The fourth-order valence-electron chi connectivity index (χ4n) is 3.07. The van der Waals surface area contributed by atoms with Crippen LogP contribution in [0.15, 0.2) is 23.1 Å². The van der Waals surface area contributed by atoms with E-state index in [1.807, 2.05) is 12.1 Å². The monoisotopic (exact) mass is 310 g/mol. The van der Waals surface area contributed by atoms with Gasteiger partial charge in [0.2, 0.25) is 10.0 Å². The Balaban J connectivity index is 1.82. The molecule has 21 heavy (non-hydrogen) atoms. The number of anilines is 1. The number of sulfonamides is 1. The van der Waals surface area contributed by atoms with Crippen LogP contribution in [-0.2, 0) is 21.2 Å². The van der Waals surface area contributed by atoms with E-state index in [1.54, 1.807) is 17.5 Å². The Morgan fingerprint density at radius 1 is 1.29 bits per heavy atom. The van der Waals surface area contributed by atoms with Crippen LogP contribution >= 0.6 is 0 Å². The molecule has 2 aliphatic heterocycles. The molecule has 0 aliphatic carbocycles. The Kier molecular flexibility index (Phi) is 4.19. The van der Waals surface area contributed by atoms with Crippen molar-refractivity contribution in [1.82, 2.24) is 4.31 Å². The standard InChI is InChI=1S/C15H22N2O3S/c1-20-13-6-9-17(10-7-13)21(18,19)14-4-5-15-12(11-14)3-2-8-16-15/h4-5,11,13,16H,2-3,6-10H2,1H3. The van der Waals surface area contributed by atoms with Gasteiger partial charge in [0.05, 0.1) is 11.0 Å². The fraction of sp³-hybridized carbons (Fsp3) is 0.600. The molecule has 5 nitrogen and oxygen atoms in total. The molecule has 0 aromatic heterocycles. The van der Waals surface area contributed by atoms with E-state index >= 15 is 0 Å². The van der Waals surface area contributed by atoms with Gasteiger partial charge in [-0.15, -0.1) is 0 Å². The maximum Gasteiger partial charge on any atom is 0.243 e. The van der Waals surface area contributed by atoms with Crippen LogP contribution in [0.4, 0.5) is 5.69 Å². The van der Waals surface area contributed by atoms with Crippen LogP contribution in [0, 0.1) is 0 Å². The zero-order chi connectivity index (χ0) is 14.9. The number of ether oxygens (including phenoxy) is 1. The van der Waals surface area contributed by atoms with Crippen molar-refractivity contribution in [2.24, 2.45) is 0 Å². The number of nitrogens with zero attached hydrogens (tertiary/aromatic N) is 1. The lowest BCUT2D eigenvalue weighted by molar-refractivity contribution is 0.0604. The Labute approximate surface area is 126 Å². The third-order valence-corrected chi connectivity index (χ3v) is 6.28. The Bertz CT molecular complexity index is 607. The molecule has 1 fully saturated rings. The SMILES string of the molecule is COC1CCN(S(=O)(=O)c2ccc3c(c2)CCCN3)CC1. The molecule has 1 aromatic rings. The first-order valence-corrected chi connectivity index (χ1v) is 8.95. The number of hydrogen-bond acceptors (Lipinski definition) is 4. The van der Waals surface area contributed by atoms with Gasteiger partial charge in [-0.3, -0.25) is 0 Å². The van der Waals surface area contributed by atoms with Crippen LogP contribution in [0.25, 0.3) is 0 Å². The van der Waals surface area contributed by atoms with Crippen molar-refractivity contribution in [3.05, 3.63) is 23.8 Å². The van der Waals surface area contributed by atoms with Gasteiger partial charge in [-0.2, -0.15) is 4.31 Å². The summed E-state index contributed by atoms with van der Waals surface area (Å²) in [6.07, 6.45) is 3.71. The van der Waals surface area contributed by atoms with Crippen molar-refractivity contribution < 1.29 is 13.2 Å². The van der Waals surface area contributed by atoms with Crippen LogP contribution in [0.1, 0.15) is 24.8 Å². The summed E-state index contributed by atoms with van der Waals surface area (Å²) in [5.41, 5.74) is 2.17. The summed E-state index contributed by atoms with van der Waals surface area (Å²) < 4.78 is 32.4. The van der Waals surface area contributed by atoms with Gasteiger partial charge in [-0.25, -0.2) is 8.42 Å². The van der Waals surface area contributed by atoms with Crippen molar-refractivity contribution >= 4 is 15.7 Å². The van der Waals surface area contributed by atoms with Gasteiger partial charge >= 0.3 is 0 Å². The molecular weight excluding hydrogens is 288 g/mol. The third-order valence-electron chi connectivity index (χ3n) is 4.39. The van der Waals surface area contributed by atoms with Crippen LogP contribution in [0.2, 0.25) is 0 Å². The first-order chi connectivity index (χ1) is 10.1. The van der Waals surface area contributed by atoms with E-state index in [9.17, 15) is 8.42 Å². The summed E-state index contributed by atoms with van der Waals surface area (Å²) in [6, 6.07) is 5.44. The summed E-state index contributed by atoms with van der Waals surface area (Å²) >= 11 is 0. The molecule has 0 atom stereocenters. The molecule has 6 heteroatoms. The van der Waals surface area contributed by atoms with Crippen molar-refractivity contribution in [2.75, 3.05) is 32.1 Å². The van der Waals surface area contributed by atoms with Crippen molar-refractivity contribution in [1.29, 1.82) is 0 Å². The van der Waals surface area contributed by atoms with E-state index in [0.29, 0.717) is 18.0 Å². The maximum absolute atomic E-state index is 12.7. The highest BCUT2D eigenvalue weighted by atomic mass is 32.2. The Morgan fingerprint density at radius 2 is 2.05 bits per heavy atom. The van der Waals surface area contributed by atoms with E-state index in [4.69, 9.17) is 4.74 Å². The van der Waals surface area contributed by atoms with E-state index in [0.717, 1.165) is 43.5 Å². The quantitative estimate of drug-likeness (QED) is 0.925. The molecule has 116 valence electrons. The first-order valence-electron chi connectivity index (χ1n) is 7.51. The van der Waals surface area contributed by atoms with Gasteiger partial charge in [0.25, 0.3) is 0 Å². The van der Waals surface area contributed by atoms with Crippen LogP contribution in [-0.4, -0.2) is 45.6 Å². The number of nitrogens with one attached hydrogen (secondary N) is 1. The number of fused-ring (bicyclic) bond motifs is 1. The van der Waals surface area contributed by atoms with Crippen molar-refractivity contribution in [3.63, 3.8) is 0 Å². The molecule has 2 aliphatic rings. The Hall–Kier alpha value is -1.11. The lowest BCUT2D eigenvalue weighted by Gasteiger charge is -2.30. The minimum absolute atomic E-state index is 0.184. The number of hydrogen-bond donors (Lipinski definition) is 1. The highest BCUT2D eigenvalue weighted by molar-refractivity contribution is 7.89. The lowest BCUT2D eigenvalue weighted by atomic mass is 10.0. The number of rotatable bonds is 3. The molecule has 0 bridgehead atoms. The minimum atomic E-state index is -3.38. The zero-order valence-corrected chi connectivity index (χ0v) is 13.2.